The summed E-state index contributed by atoms with van der Waals surface area (Å²) in [4.78, 5) is 6.85. The number of anilines is 2. The molecule has 2 aliphatic rings. The van der Waals surface area contributed by atoms with Crippen LogP contribution in [0.15, 0.2) is 6.20 Å². The maximum atomic E-state index is 10.5. The van der Waals surface area contributed by atoms with Gasteiger partial charge in [-0.05, 0) is 32.6 Å². The van der Waals surface area contributed by atoms with Crippen LogP contribution >= 0.6 is 0 Å². The molecule has 3 rings (SSSR count). The minimum absolute atomic E-state index is 0.235. The van der Waals surface area contributed by atoms with Gasteiger partial charge in [-0.2, -0.15) is 0 Å². The van der Waals surface area contributed by atoms with Gasteiger partial charge in [0.15, 0.2) is 0 Å². The SMILES string of the molecule is CNc1cnc2c(c1N1CCCC(N)C1)CCC2(C)O. The quantitative estimate of drug-likeness (QED) is 0.757. The minimum Gasteiger partial charge on any atom is -0.385 e. The van der Waals surface area contributed by atoms with Crippen molar-refractivity contribution in [3.05, 3.63) is 17.5 Å². The summed E-state index contributed by atoms with van der Waals surface area (Å²) >= 11 is 0. The molecule has 1 fully saturated rings. The van der Waals surface area contributed by atoms with Gasteiger partial charge in [0.1, 0.15) is 5.60 Å². The molecule has 0 amide bonds. The van der Waals surface area contributed by atoms with Crippen LogP contribution in [-0.4, -0.2) is 36.3 Å². The number of piperidine rings is 1. The molecule has 0 bridgehead atoms. The number of nitrogens with zero attached hydrogens (tertiary/aromatic N) is 2. The van der Waals surface area contributed by atoms with Crippen LogP contribution < -0.4 is 16.0 Å². The molecule has 4 N–H and O–H groups in total. The smallest absolute Gasteiger partial charge is 0.104 e. The highest BCUT2D eigenvalue weighted by Crippen LogP contribution is 2.43. The van der Waals surface area contributed by atoms with E-state index in [0.717, 1.165) is 50.2 Å². The second-order valence-electron chi connectivity index (χ2n) is 6.22. The van der Waals surface area contributed by atoms with E-state index in [1.54, 1.807) is 0 Å². The summed E-state index contributed by atoms with van der Waals surface area (Å²) in [6.07, 6.45) is 5.68. The summed E-state index contributed by atoms with van der Waals surface area (Å²) in [5.41, 5.74) is 9.59. The van der Waals surface area contributed by atoms with E-state index in [4.69, 9.17) is 5.73 Å². The number of aliphatic hydroxyl groups is 1. The number of fused-ring (bicyclic) bond motifs is 1. The van der Waals surface area contributed by atoms with Crippen LogP contribution in [0, 0.1) is 0 Å². The average molecular weight is 276 g/mol. The molecule has 0 spiro atoms. The second kappa shape index (κ2) is 4.90. The first-order valence-corrected chi connectivity index (χ1v) is 7.46. The van der Waals surface area contributed by atoms with Gasteiger partial charge in [0, 0.05) is 31.7 Å². The van der Waals surface area contributed by atoms with E-state index in [9.17, 15) is 5.11 Å². The van der Waals surface area contributed by atoms with Gasteiger partial charge in [-0.15, -0.1) is 0 Å². The number of pyridine rings is 1. The summed E-state index contributed by atoms with van der Waals surface area (Å²) in [7, 11) is 1.92. The van der Waals surface area contributed by atoms with Crippen LogP contribution in [0.1, 0.15) is 37.4 Å². The van der Waals surface area contributed by atoms with Crippen molar-refractivity contribution in [2.45, 2.75) is 44.2 Å². The lowest BCUT2D eigenvalue weighted by Gasteiger charge is -2.35. The van der Waals surface area contributed by atoms with Gasteiger partial charge in [-0.25, -0.2) is 0 Å². The lowest BCUT2D eigenvalue weighted by Crippen LogP contribution is -2.43. The molecule has 2 atom stereocenters. The summed E-state index contributed by atoms with van der Waals surface area (Å²) in [6, 6.07) is 0.235. The summed E-state index contributed by atoms with van der Waals surface area (Å²) in [5.74, 6) is 0. The minimum atomic E-state index is -0.797. The maximum Gasteiger partial charge on any atom is 0.104 e. The number of hydrogen-bond donors (Lipinski definition) is 3. The predicted octanol–water partition coefficient (Wildman–Crippen LogP) is 1.20. The predicted molar refractivity (Wildman–Crippen MR) is 81.1 cm³/mol. The van der Waals surface area contributed by atoms with Gasteiger partial charge >= 0.3 is 0 Å². The van der Waals surface area contributed by atoms with Gasteiger partial charge in [0.2, 0.25) is 0 Å². The van der Waals surface area contributed by atoms with E-state index in [2.05, 4.69) is 15.2 Å². The van der Waals surface area contributed by atoms with E-state index in [1.807, 2.05) is 20.2 Å². The third-order valence-corrected chi connectivity index (χ3v) is 4.56. The molecule has 1 saturated heterocycles. The standard InChI is InChI=1S/C15H24N4O/c1-15(20)6-5-11-13(12(17-2)8-18-14(11)15)19-7-3-4-10(16)9-19/h8,10,17,20H,3-7,9,16H2,1-2H3. The topological polar surface area (TPSA) is 74.4 Å². The van der Waals surface area contributed by atoms with Crippen LogP contribution in [0.25, 0.3) is 0 Å². The molecule has 5 nitrogen and oxygen atoms in total. The zero-order valence-electron chi connectivity index (χ0n) is 12.3. The van der Waals surface area contributed by atoms with Crippen molar-refractivity contribution in [1.82, 2.24) is 4.98 Å². The number of hydrogen-bond acceptors (Lipinski definition) is 5. The molecule has 20 heavy (non-hydrogen) atoms. The maximum absolute atomic E-state index is 10.5. The van der Waals surface area contributed by atoms with Crippen molar-refractivity contribution in [2.24, 2.45) is 5.73 Å². The van der Waals surface area contributed by atoms with E-state index >= 15 is 0 Å². The number of aromatic nitrogens is 1. The van der Waals surface area contributed by atoms with Gasteiger partial charge in [0.25, 0.3) is 0 Å². The molecule has 2 unspecified atom stereocenters. The van der Waals surface area contributed by atoms with Crippen molar-refractivity contribution in [1.29, 1.82) is 0 Å². The van der Waals surface area contributed by atoms with E-state index < -0.39 is 5.60 Å². The Hall–Kier alpha value is -1.33. The van der Waals surface area contributed by atoms with Crippen LogP contribution in [-0.2, 0) is 12.0 Å². The summed E-state index contributed by atoms with van der Waals surface area (Å²) in [6.45, 7) is 3.77. The Morgan fingerprint density at radius 1 is 1.55 bits per heavy atom. The second-order valence-corrected chi connectivity index (χ2v) is 6.22. The normalized spacial score (nSPS) is 29.4. The number of nitrogens with two attached hydrogens (primary N) is 1. The molecule has 0 saturated carbocycles. The fraction of sp³-hybridized carbons (Fsp3) is 0.667. The zero-order valence-corrected chi connectivity index (χ0v) is 12.3. The highest BCUT2D eigenvalue weighted by Gasteiger charge is 2.37. The highest BCUT2D eigenvalue weighted by atomic mass is 16.3. The molecule has 1 aromatic heterocycles. The van der Waals surface area contributed by atoms with Gasteiger partial charge in [-0.1, -0.05) is 0 Å². The fourth-order valence-electron chi connectivity index (χ4n) is 3.49. The molecule has 110 valence electrons. The third kappa shape index (κ3) is 2.15. The zero-order chi connectivity index (χ0) is 14.3. The molecule has 1 aliphatic heterocycles. The van der Waals surface area contributed by atoms with Crippen LogP contribution in [0.3, 0.4) is 0 Å². The molecule has 5 heteroatoms. The van der Waals surface area contributed by atoms with Crippen molar-refractivity contribution >= 4 is 11.4 Å². The Balaban J connectivity index is 2.06. The highest BCUT2D eigenvalue weighted by molar-refractivity contribution is 5.75. The molecule has 1 aliphatic carbocycles. The molecule has 0 aromatic carbocycles. The lowest BCUT2D eigenvalue weighted by atomic mass is 10.0. The van der Waals surface area contributed by atoms with E-state index in [-0.39, 0.29) is 6.04 Å². The first-order chi connectivity index (χ1) is 9.53. The van der Waals surface area contributed by atoms with E-state index in [0.29, 0.717) is 0 Å². The summed E-state index contributed by atoms with van der Waals surface area (Å²) in [5, 5.41) is 13.7. The van der Waals surface area contributed by atoms with Crippen molar-refractivity contribution in [3.8, 4) is 0 Å². The Kier molecular flexibility index (Phi) is 3.34. The Morgan fingerprint density at radius 3 is 3.05 bits per heavy atom. The average Bonchev–Trinajstić information content (AvgIpc) is 2.73. The van der Waals surface area contributed by atoms with Crippen molar-refractivity contribution < 1.29 is 5.11 Å². The molecular formula is C15H24N4O. The monoisotopic (exact) mass is 276 g/mol. The number of rotatable bonds is 2. The first-order valence-electron chi connectivity index (χ1n) is 7.46. The summed E-state index contributed by atoms with van der Waals surface area (Å²) < 4.78 is 0. The fourth-order valence-corrected chi connectivity index (χ4v) is 3.49. The molecule has 0 radical (unpaired) electrons. The largest absolute Gasteiger partial charge is 0.385 e. The Bertz CT molecular complexity index is 515. The lowest BCUT2D eigenvalue weighted by molar-refractivity contribution is 0.0554. The van der Waals surface area contributed by atoms with Crippen LogP contribution in [0.4, 0.5) is 11.4 Å². The van der Waals surface area contributed by atoms with Crippen LogP contribution in [0.2, 0.25) is 0 Å². The van der Waals surface area contributed by atoms with Crippen LogP contribution in [0.5, 0.6) is 0 Å². The van der Waals surface area contributed by atoms with Crippen molar-refractivity contribution in [2.75, 3.05) is 30.4 Å². The molecule has 1 aromatic rings. The van der Waals surface area contributed by atoms with E-state index in [1.165, 1.54) is 11.3 Å². The Morgan fingerprint density at radius 2 is 2.35 bits per heavy atom. The molecular weight excluding hydrogens is 252 g/mol. The molecule has 2 heterocycles. The number of nitrogens with one attached hydrogen (secondary N) is 1. The third-order valence-electron chi connectivity index (χ3n) is 4.56. The van der Waals surface area contributed by atoms with Gasteiger partial charge in [-0.3, -0.25) is 4.98 Å². The van der Waals surface area contributed by atoms with Gasteiger partial charge in [0.05, 0.1) is 23.3 Å². The van der Waals surface area contributed by atoms with Crippen molar-refractivity contribution in [3.63, 3.8) is 0 Å². The Labute approximate surface area is 120 Å². The van der Waals surface area contributed by atoms with Gasteiger partial charge < -0.3 is 21.1 Å². The first kappa shape index (κ1) is 13.6.